The molecule has 0 aromatic heterocycles. The van der Waals surface area contributed by atoms with Crippen molar-refractivity contribution in [3.8, 4) is 5.75 Å². The molecule has 114 valence electrons. The summed E-state index contributed by atoms with van der Waals surface area (Å²) in [7, 11) is 0. The summed E-state index contributed by atoms with van der Waals surface area (Å²) >= 11 is 3.25. The lowest BCUT2D eigenvalue weighted by Gasteiger charge is -2.18. The highest BCUT2D eigenvalue weighted by Crippen LogP contribution is 2.32. The lowest BCUT2D eigenvalue weighted by Crippen LogP contribution is -2.28. The molecular weight excluding hydrogens is 354 g/mol. The van der Waals surface area contributed by atoms with E-state index >= 15 is 0 Å². The molecule has 1 aliphatic rings. The minimum Gasteiger partial charge on any atom is -0.433 e. The van der Waals surface area contributed by atoms with Crippen LogP contribution in [-0.2, 0) is 6.54 Å². The topological polar surface area (TPSA) is 38.5 Å². The molecule has 20 heavy (non-hydrogen) atoms. The molecule has 2 atom stereocenters. The van der Waals surface area contributed by atoms with E-state index in [4.69, 9.17) is 5.73 Å². The maximum absolute atomic E-state index is 12.4. The fraction of sp³-hybridized carbons (Fsp3) is 0.538. The second-order valence-corrected chi connectivity index (χ2v) is 5.80. The second-order valence-electron chi connectivity index (χ2n) is 4.94. The molecule has 0 amide bonds. The average molecular weight is 372 g/mol. The van der Waals surface area contributed by atoms with Gasteiger partial charge in [0.25, 0.3) is 0 Å². The number of ether oxygens (including phenoxy) is 1. The number of nitrogens with two attached hydrogens (primary N) is 1. The van der Waals surface area contributed by atoms with Gasteiger partial charge in [-0.2, -0.15) is 8.78 Å². The maximum Gasteiger partial charge on any atom is 0.387 e. The van der Waals surface area contributed by atoms with Gasteiger partial charge >= 0.3 is 6.61 Å². The van der Waals surface area contributed by atoms with E-state index in [1.54, 1.807) is 12.1 Å². The largest absolute Gasteiger partial charge is 0.433 e. The molecule has 1 aromatic rings. The van der Waals surface area contributed by atoms with E-state index in [9.17, 15) is 8.78 Å². The minimum atomic E-state index is -2.82. The normalized spacial score (nSPS) is 22.9. The average Bonchev–Trinajstić information content (AvgIpc) is 2.62. The monoisotopic (exact) mass is 370 g/mol. The van der Waals surface area contributed by atoms with Crippen molar-refractivity contribution < 1.29 is 13.5 Å². The third-order valence-electron chi connectivity index (χ3n) is 3.40. The number of likely N-dealkylation sites (tertiary alicyclic amines) is 1. The van der Waals surface area contributed by atoms with E-state index in [-0.39, 0.29) is 24.2 Å². The summed E-state index contributed by atoms with van der Waals surface area (Å²) in [6.07, 6.45) is 0. The molecule has 3 nitrogen and oxygen atoms in total. The Morgan fingerprint density at radius 3 is 2.70 bits per heavy atom. The van der Waals surface area contributed by atoms with Crippen LogP contribution in [0.25, 0.3) is 0 Å². The number of benzene rings is 1. The highest BCUT2D eigenvalue weighted by Gasteiger charge is 2.27. The van der Waals surface area contributed by atoms with Crippen LogP contribution in [-0.4, -0.2) is 30.6 Å². The predicted molar refractivity (Wildman–Crippen MR) is 80.4 cm³/mol. The van der Waals surface area contributed by atoms with Crippen molar-refractivity contribution in [3.63, 3.8) is 0 Å². The summed E-state index contributed by atoms with van der Waals surface area (Å²) < 4.78 is 30.0. The van der Waals surface area contributed by atoms with Gasteiger partial charge in [-0.3, -0.25) is 4.90 Å². The van der Waals surface area contributed by atoms with Gasteiger partial charge in [-0.15, -0.1) is 12.4 Å². The van der Waals surface area contributed by atoms with Crippen molar-refractivity contribution in [2.24, 2.45) is 11.7 Å². The van der Waals surface area contributed by atoms with Gasteiger partial charge in [0.1, 0.15) is 5.75 Å². The molecule has 1 fully saturated rings. The summed E-state index contributed by atoms with van der Waals surface area (Å²) in [5.41, 5.74) is 6.72. The van der Waals surface area contributed by atoms with E-state index < -0.39 is 6.61 Å². The van der Waals surface area contributed by atoms with Gasteiger partial charge < -0.3 is 10.5 Å². The van der Waals surface area contributed by atoms with Gasteiger partial charge in [0.15, 0.2) is 0 Å². The number of hydrogen-bond acceptors (Lipinski definition) is 3. The molecular formula is C13H18BrClF2N2O. The zero-order valence-corrected chi connectivity index (χ0v) is 13.5. The van der Waals surface area contributed by atoms with Gasteiger partial charge in [0, 0.05) is 31.2 Å². The SMILES string of the molecule is CC1CN(Cc2cccc(Br)c2OC(F)F)CC1N.Cl. The first-order valence-electron chi connectivity index (χ1n) is 6.17. The Morgan fingerprint density at radius 2 is 2.15 bits per heavy atom. The zero-order valence-electron chi connectivity index (χ0n) is 11.1. The third-order valence-corrected chi connectivity index (χ3v) is 4.02. The first-order chi connectivity index (χ1) is 8.97. The van der Waals surface area contributed by atoms with Crippen molar-refractivity contribution in [1.29, 1.82) is 0 Å². The van der Waals surface area contributed by atoms with E-state index in [1.165, 1.54) is 0 Å². The fourth-order valence-electron chi connectivity index (χ4n) is 2.36. The molecule has 0 saturated carbocycles. The van der Waals surface area contributed by atoms with Crippen LogP contribution in [0.5, 0.6) is 5.75 Å². The lowest BCUT2D eigenvalue weighted by molar-refractivity contribution is -0.0512. The van der Waals surface area contributed by atoms with Crippen molar-refractivity contribution in [1.82, 2.24) is 4.90 Å². The quantitative estimate of drug-likeness (QED) is 0.883. The minimum absolute atomic E-state index is 0. The van der Waals surface area contributed by atoms with E-state index in [1.807, 2.05) is 6.07 Å². The number of hydrogen-bond donors (Lipinski definition) is 1. The number of halogens is 4. The smallest absolute Gasteiger partial charge is 0.387 e. The van der Waals surface area contributed by atoms with Crippen LogP contribution in [0.2, 0.25) is 0 Å². The lowest BCUT2D eigenvalue weighted by atomic mass is 10.1. The van der Waals surface area contributed by atoms with Crippen LogP contribution >= 0.6 is 28.3 Å². The Hall–Kier alpha value is -0.430. The van der Waals surface area contributed by atoms with Crippen molar-refractivity contribution >= 4 is 28.3 Å². The number of para-hydroxylation sites is 1. The third kappa shape index (κ3) is 4.28. The van der Waals surface area contributed by atoms with Crippen molar-refractivity contribution in [2.45, 2.75) is 26.1 Å². The second kappa shape index (κ2) is 7.54. The van der Waals surface area contributed by atoms with Gasteiger partial charge in [-0.25, -0.2) is 0 Å². The molecule has 2 unspecified atom stereocenters. The maximum atomic E-state index is 12.4. The molecule has 0 bridgehead atoms. The fourth-order valence-corrected chi connectivity index (χ4v) is 2.87. The Labute approximate surface area is 132 Å². The van der Waals surface area contributed by atoms with Gasteiger partial charge in [0.05, 0.1) is 4.47 Å². The Kier molecular flexibility index (Phi) is 6.64. The molecule has 2 N–H and O–H groups in total. The molecule has 1 aliphatic heterocycles. The van der Waals surface area contributed by atoms with Gasteiger partial charge in [-0.05, 0) is 27.9 Å². The summed E-state index contributed by atoms with van der Waals surface area (Å²) in [5, 5.41) is 0. The van der Waals surface area contributed by atoms with Crippen LogP contribution < -0.4 is 10.5 Å². The van der Waals surface area contributed by atoms with E-state index in [2.05, 4.69) is 32.5 Å². The summed E-state index contributed by atoms with van der Waals surface area (Å²) in [6, 6.07) is 5.46. The highest BCUT2D eigenvalue weighted by atomic mass is 79.9. The van der Waals surface area contributed by atoms with Crippen LogP contribution in [0.3, 0.4) is 0 Å². The molecule has 2 rings (SSSR count). The Balaban J connectivity index is 0.00000200. The zero-order chi connectivity index (χ0) is 14.0. The predicted octanol–water partition coefficient (Wildman–Crippen LogP) is 3.25. The number of nitrogens with zero attached hydrogens (tertiary/aromatic N) is 1. The molecule has 0 spiro atoms. The first-order valence-corrected chi connectivity index (χ1v) is 6.97. The Bertz CT molecular complexity index is 440. The van der Waals surface area contributed by atoms with Crippen molar-refractivity contribution in [2.75, 3.05) is 13.1 Å². The molecule has 7 heteroatoms. The standard InChI is InChI=1S/C13H17BrF2N2O.ClH/c1-8-5-18(7-11(8)17)6-9-3-2-4-10(14)12(9)19-13(15)16;/h2-4,8,11,13H,5-7,17H2,1H3;1H. The molecule has 0 radical (unpaired) electrons. The number of alkyl halides is 2. The van der Waals surface area contributed by atoms with E-state index in [0.29, 0.717) is 16.9 Å². The van der Waals surface area contributed by atoms with E-state index in [0.717, 1.165) is 18.7 Å². The van der Waals surface area contributed by atoms with Gasteiger partial charge in [0.2, 0.25) is 0 Å². The van der Waals surface area contributed by atoms with Crippen LogP contribution in [0.15, 0.2) is 22.7 Å². The van der Waals surface area contributed by atoms with Crippen molar-refractivity contribution in [3.05, 3.63) is 28.2 Å². The molecule has 0 aliphatic carbocycles. The summed E-state index contributed by atoms with van der Waals surface area (Å²) in [6.45, 7) is 1.50. The number of rotatable bonds is 4. The highest BCUT2D eigenvalue weighted by molar-refractivity contribution is 9.10. The molecule has 1 saturated heterocycles. The van der Waals surface area contributed by atoms with Crippen LogP contribution in [0, 0.1) is 5.92 Å². The molecule has 1 aromatic carbocycles. The van der Waals surface area contributed by atoms with Crippen LogP contribution in [0.1, 0.15) is 12.5 Å². The summed E-state index contributed by atoms with van der Waals surface area (Å²) in [5.74, 6) is 0.636. The Morgan fingerprint density at radius 1 is 1.45 bits per heavy atom. The first kappa shape index (κ1) is 17.6. The van der Waals surface area contributed by atoms with Crippen LogP contribution in [0.4, 0.5) is 8.78 Å². The van der Waals surface area contributed by atoms with Gasteiger partial charge in [-0.1, -0.05) is 19.1 Å². The molecule has 1 heterocycles. The summed E-state index contributed by atoms with van der Waals surface area (Å²) in [4.78, 5) is 2.16.